The van der Waals surface area contributed by atoms with Gasteiger partial charge in [0.05, 0.1) is 0 Å². The average Bonchev–Trinajstić information content (AvgIpc) is 2.98. The fourth-order valence-corrected chi connectivity index (χ4v) is 20.5. The van der Waals surface area contributed by atoms with Crippen LogP contribution < -0.4 is 0 Å². The van der Waals surface area contributed by atoms with Crippen LogP contribution in [0.4, 0.5) is 0 Å². The minimum absolute atomic E-state index is 0.207. The predicted molar refractivity (Wildman–Crippen MR) is 95.4 cm³/mol. The topological polar surface area (TPSA) is 9.72 Å². The zero-order chi connectivity index (χ0) is 16.8. The molecule has 0 atom stereocenters. The Balaban J connectivity index is 3.61. The van der Waals surface area contributed by atoms with Crippen LogP contribution >= 0.6 is 0 Å². The van der Waals surface area contributed by atoms with Gasteiger partial charge in [0.15, 0.2) is 0 Å². The third-order valence-electron chi connectivity index (χ3n) is 5.33. The van der Waals surface area contributed by atoms with E-state index in [0.717, 1.165) is 39.3 Å². The van der Waals surface area contributed by atoms with E-state index in [1.54, 1.807) is 0 Å². The molecule has 1 aliphatic carbocycles. The fraction of sp³-hybridized carbons (Fsp3) is 0.778. The molecule has 0 unspecified atom stereocenters. The summed E-state index contributed by atoms with van der Waals surface area (Å²) >= 11 is -3.04. The van der Waals surface area contributed by atoms with E-state index >= 15 is 0 Å². The molecule has 0 aromatic carbocycles. The van der Waals surface area contributed by atoms with Gasteiger partial charge in [-0.1, -0.05) is 0 Å². The van der Waals surface area contributed by atoms with Crippen LogP contribution in [0.1, 0.15) is 48.5 Å². The predicted octanol–water partition coefficient (Wildman–Crippen LogP) is 4.22. The standard InChI is InChI=1S/C6H7.3C4H10N.Zr/c1-6-4-2-3-5-6;3*1-3-5-4-2;/h2-5H,1H3;3*3-4H2,1-2H3;/q;3*-1;+3. The summed E-state index contributed by atoms with van der Waals surface area (Å²) < 4.78 is 8.77. The molecule has 22 heavy (non-hydrogen) atoms. The van der Waals surface area contributed by atoms with Crippen LogP contribution in [-0.4, -0.2) is 47.8 Å². The summed E-state index contributed by atoms with van der Waals surface area (Å²) in [6.45, 7) is 23.4. The molecule has 0 amide bonds. The number of nitrogens with zero attached hydrogens (tertiary/aromatic N) is 3. The molecule has 0 radical (unpaired) electrons. The minimum atomic E-state index is -3.04. The molecule has 0 aromatic rings. The monoisotopic (exact) mass is 385 g/mol. The Labute approximate surface area is 144 Å². The van der Waals surface area contributed by atoms with E-state index in [-0.39, 0.29) is 3.12 Å². The van der Waals surface area contributed by atoms with E-state index in [1.807, 2.05) is 0 Å². The van der Waals surface area contributed by atoms with E-state index in [9.17, 15) is 0 Å². The van der Waals surface area contributed by atoms with E-state index < -0.39 is 21.1 Å². The Morgan fingerprint density at radius 3 is 1.14 bits per heavy atom. The van der Waals surface area contributed by atoms with Crippen molar-refractivity contribution in [1.82, 2.24) is 8.53 Å². The van der Waals surface area contributed by atoms with Crippen molar-refractivity contribution in [3.05, 3.63) is 24.3 Å². The van der Waals surface area contributed by atoms with Crippen LogP contribution in [0.2, 0.25) is 3.12 Å². The molecule has 0 saturated carbocycles. The first-order valence-corrected chi connectivity index (χ1v) is 13.7. The van der Waals surface area contributed by atoms with E-state index in [0.29, 0.717) is 0 Å². The Morgan fingerprint density at radius 1 is 0.636 bits per heavy atom. The van der Waals surface area contributed by atoms with Gasteiger partial charge < -0.3 is 0 Å². The van der Waals surface area contributed by atoms with Gasteiger partial charge in [-0.2, -0.15) is 0 Å². The van der Waals surface area contributed by atoms with Crippen molar-refractivity contribution in [3.63, 3.8) is 0 Å². The molecule has 1 aliphatic rings. The molecule has 0 heterocycles. The van der Waals surface area contributed by atoms with E-state index in [4.69, 9.17) is 0 Å². The van der Waals surface area contributed by atoms with Gasteiger partial charge in [0.1, 0.15) is 0 Å². The van der Waals surface area contributed by atoms with Crippen LogP contribution in [0, 0.1) is 0 Å². The van der Waals surface area contributed by atoms with Crippen molar-refractivity contribution in [2.75, 3.05) is 39.3 Å². The Hall–Kier alpha value is 0.243. The van der Waals surface area contributed by atoms with Gasteiger partial charge in [0.2, 0.25) is 0 Å². The zero-order valence-corrected chi connectivity index (χ0v) is 18.4. The van der Waals surface area contributed by atoms with Gasteiger partial charge in [-0.05, 0) is 0 Å². The van der Waals surface area contributed by atoms with Crippen LogP contribution in [0.25, 0.3) is 0 Å². The van der Waals surface area contributed by atoms with Gasteiger partial charge in [-0.15, -0.1) is 0 Å². The molecule has 0 spiro atoms. The van der Waals surface area contributed by atoms with E-state index in [2.05, 4.69) is 81.3 Å². The molecule has 0 fully saturated rings. The molecule has 4 heteroatoms. The quantitative estimate of drug-likeness (QED) is 0.557. The second-order valence-corrected chi connectivity index (χ2v) is 16.6. The summed E-state index contributed by atoms with van der Waals surface area (Å²) in [6.07, 6.45) is 9.50. The van der Waals surface area contributed by atoms with Crippen molar-refractivity contribution >= 4 is 0 Å². The number of rotatable bonds is 10. The first-order valence-electron chi connectivity index (χ1n) is 9.14. The molecule has 0 aromatic heterocycles. The van der Waals surface area contributed by atoms with E-state index in [1.165, 1.54) is 0 Å². The van der Waals surface area contributed by atoms with Gasteiger partial charge in [0.25, 0.3) is 0 Å². The average molecular weight is 387 g/mol. The van der Waals surface area contributed by atoms with Crippen LogP contribution in [0.15, 0.2) is 24.3 Å². The van der Waals surface area contributed by atoms with Crippen molar-refractivity contribution in [2.24, 2.45) is 0 Å². The summed E-state index contributed by atoms with van der Waals surface area (Å²) in [5.41, 5.74) is 0. The summed E-state index contributed by atoms with van der Waals surface area (Å²) in [4.78, 5) is 0. The second-order valence-electron chi connectivity index (χ2n) is 6.15. The molecular weight excluding hydrogens is 349 g/mol. The molecule has 1 rings (SSSR count). The molecule has 3 nitrogen and oxygen atoms in total. The first kappa shape index (κ1) is 20.3. The van der Waals surface area contributed by atoms with Crippen LogP contribution in [0.5, 0.6) is 0 Å². The summed E-state index contributed by atoms with van der Waals surface area (Å²) in [6, 6.07) is 0. The molecule has 128 valence electrons. The molecule has 0 saturated heterocycles. The van der Waals surface area contributed by atoms with Crippen molar-refractivity contribution in [3.8, 4) is 0 Å². The van der Waals surface area contributed by atoms with Crippen LogP contribution in [-0.2, 0) is 21.1 Å². The fourth-order valence-electron chi connectivity index (χ4n) is 4.41. The molecular formula is C18H37N3Zr. The second kappa shape index (κ2) is 8.92. The normalized spacial score (nSPS) is 17.4. The molecule has 0 bridgehead atoms. The third kappa shape index (κ3) is 3.22. The first-order chi connectivity index (χ1) is 10.5. The van der Waals surface area contributed by atoms with Gasteiger partial charge in [-0.3, -0.25) is 0 Å². The van der Waals surface area contributed by atoms with Gasteiger partial charge in [-0.25, -0.2) is 0 Å². The third-order valence-corrected chi connectivity index (χ3v) is 20.9. The maximum atomic E-state index is 2.86. The van der Waals surface area contributed by atoms with Crippen molar-refractivity contribution in [1.29, 1.82) is 0 Å². The van der Waals surface area contributed by atoms with Crippen LogP contribution in [0.3, 0.4) is 0 Å². The van der Waals surface area contributed by atoms with Gasteiger partial charge in [0, 0.05) is 0 Å². The number of hydrogen-bond acceptors (Lipinski definition) is 3. The van der Waals surface area contributed by atoms with Gasteiger partial charge >= 0.3 is 145 Å². The Kier molecular flexibility index (Phi) is 8.22. The molecule has 0 aliphatic heterocycles. The van der Waals surface area contributed by atoms with Crippen molar-refractivity contribution in [2.45, 2.75) is 51.6 Å². The number of allylic oxidation sites excluding steroid dienone is 4. The molecule has 0 N–H and O–H groups in total. The van der Waals surface area contributed by atoms with Crippen molar-refractivity contribution < 1.29 is 21.1 Å². The zero-order valence-electron chi connectivity index (χ0n) is 15.9. The maximum absolute atomic E-state index is 3.04. The Morgan fingerprint density at radius 2 is 0.909 bits per heavy atom. The summed E-state index contributed by atoms with van der Waals surface area (Å²) in [5.74, 6) is 0. The number of hydrogen-bond donors (Lipinski definition) is 0. The summed E-state index contributed by atoms with van der Waals surface area (Å²) in [5, 5.41) is 0. The summed E-state index contributed by atoms with van der Waals surface area (Å²) in [7, 11) is 0. The Bertz CT molecular complexity index is 337. The SMILES string of the molecule is CC[N](CC)[Zr]([N](CC)CC)([N](CC)CC)[C]1(C)C=CC=C1.